The molecule has 0 spiro atoms. The highest BCUT2D eigenvalue weighted by molar-refractivity contribution is 6.04. The van der Waals surface area contributed by atoms with E-state index < -0.39 is 18.4 Å². The third-order valence-electron chi connectivity index (χ3n) is 6.35. The lowest BCUT2D eigenvalue weighted by molar-refractivity contribution is -0.274. The van der Waals surface area contributed by atoms with Crippen LogP contribution in [0.4, 0.5) is 13.2 Å². The minimum atomic E-state index is -4.85. The second kappa shape index (κ2) is 9.90. The highest BCUT2D eigenvalue weighted by Gasteiger charge is 2.31. The van der Waals surface area contributed by atoms with E-state index in [2.05, 4.69) is 9.89 Å². The normalized spacial score (nSPS) is 12.6. The van der Waals surface area contributed by atoms with Crippen LogP contribution < -0.4 is 14.2 Å². The molecule has 0 saturated carbocycles. The molecule has 0 saturated heterocycles. The Morgan fingerprint density at radius 1 is 1.05 bits per heavy atom. The number of ether oxygens (including phenoxy) is 3. The molecular weight excluding hydrogens is 517 g/mol. The Hall–Kier alpha value is -4.67. The minimum Gasteiger partial charge on any atom is -0.497 e. The zero-order valence-electron chi connectivity index (χ0n) is 21.1. The lowest BCUT2D eigenvalue weighted by Gasteiger charge is -2.14. The molecule has 1 N–H and O–H groups in total. The van der Waals surface area contributed by atoms with Crippen LogP contribution in [0.25, 0.3) is 33.1 Å². The fourth-order valence-corrected chi connectivity index (χ4v) is 4.54. The topological polar surface area (TPSA) is 96.0 Å². The number of halogens is 3. The van der Waals surface area contributed by atoms with Crippen molar-refractivity contribution in [3.05, 3.63) is 71.9 Å². The molecule has 5 aromatic rings. The first kappa shape index (κ1) is 26.0. The van der Waals surface area contributed by atoms with E-state index in [-0.39, 0.29) is 12.3 Å². The largest absolute Gasteiger partial charge is 0.573 e. The molecule has 0 aliphatic heterocycles. The molecule has 0 aliphatic rings. The summed E-state index contributed by atoms with van der Waals surface area (Å²) in [7, 11) is 1.54. The van der Waals surface area contributed by atoms with Gasteiger partial charge >= 0.3 is 12.3 Å². The van der Waals surface area contributed by atoms with Crippen molar-refractivity contribution in [2.24, 2.45) is 0 Å². The smallest absolute Gasteiger partial charge is 0.497 e. The molecule has 0 bridgehead atoms. The fraction of sp³-hybridized carbons (Fsp3) is 0.214. The first-order chi connectivity index (χ1) is 18.5. The molecule has 2 heterocycles. The summed E-state index contributed by atoms with van der Waals surface area (Å²) in [4.78, 5) is 11.2. The molecule has 1 atom stereocenters. The predicted molar refractivity (Wildman–Crippen MR) is 136 cm³/mol. The van der Waals surface area contributed by atoms with Crippen LogP contribution in [0.3, 0.4) is 0 Å². The van der Waals surface area contributed by atoms with Gasteiger partial charge in [0.2, 0.25) is 0 Å². The van der Waals surface area contributed by atoms with Crippen LogP contribution in [0, 0.1) is 6.92 Å². The van der Waals surface area contributed by atoms with Crippen LogP contribution in [0.5, 0.6) is 17.2 Å². The summed E-state index contributed by atoms with van der Waals surface area (Å²) in [5.74, 6) is -0.513. The van der Waals surface area contributed by atoms with Crippen molar-refractivity contribution >= 4 is 27.8 Å². The van der Waals surface area contributed by atoms with E-state index in [0.717, 1.165) is 11.3 Å². The molecule has 8 nitrogen and oxygen atoms in total. The van der Waals surface area contributed by atoms with Gasteiger partial charge in [-0.15, -0.1) is 13.2 Å². The first-order valence-corrected chi connectivity index (χ1v) is 11.8. The Balaban J connectivity index is 1.65. The second-order valence-electron chi connectivity index (χ2n) is 8.91. The zero-order chi connectivity index (χ0) is 27.9. The van der Waals surface area contributed by atoms with Gasteiger partial charge in [0.05, 0.1) is 18.0 Å². The summed E-state index contributed by atoms with van der Waals surface area (Å²) < 4.78 is 61.4. The van der Waals surface area contributed by atoms with Crippen molar-refractivity contribution in [2.75, 3.05) is 7.11 Å². The van der Waals surface area contributed by atoms with Gasteiger partial charge in [0, 0.05) is 35.3 Å². The monoisotopic (exact) mass is 540 g/mol. The number of aliphatic carboxylic acids is 1. The maximum Gasteiger partial charge on any atom is 0.573 e. The summed E-state index contributed by atoms with van der Waals surface area (Å²) >= 11 is 0. The molecule has 0 aliphatic carbocycles. The standard InChI is InChI=1S/C28H23F3N2O6/c1-15-25(26-22-10-7-18(36-3)13-24(22)39-32-26)21-9-8-20(38-28(29,30)31)12-23(21)33(15)14-17-5-4-6-19(11-17)37-16(2)27(34)35/h4-13,16H,14H2,1-3H3,(H,34,35). The molecule has 0 fully saturated rings. The first-order valence-electron chi connectivity index (χ1n) is 11.8. The number of hydrogen-bond donors (Lipinski definition) is 1. The summed E-state index contributed by atoms with van der Waals surface area (Å²) in [5.41, 5.74) is 3.68. The van der Waals surface area contributed by atoms with Gasteiger partial charge in [0.25, 0.3) is 0 Å². The minimum absolute atomic E-state index is 0.250. The Bertz CT molecular complexity index is 1690. The van der Waals surface area contributed by atoms with E-state index in [1.54, 1.807) is 43.5 Å². The third-order valence-corrected chi connectivity index (χ3v) is 6.35. The summed E-state index contributed by atoms with van der Waals surface area (Å²) in [6, 6.07) is 16.3. The molecule has 3 aromatic carbocycles. The van der Waals surface area contributed by atoms with E-state index in [9.17, 15) is 18.0 Å². The number of benzene rings is 3. The van der Waals surface area contributed by atoms with Crippen molar-refractivity contribution in [1.29, 1.82) is 0 Å². The average molecular weight is 540 g/mol. The summed E-state index contributed by atoms with van der Waals surface area (Å²) in [5, 5.41) is 14.8. The second-order valence-corrected chi connectivity index (χ2v) is 8.91. The number of hydrogen-bond acceptors (Lipinski definition) is 6. The van der Waals surface area contributed by atoms with Crippen LogP contribution in [0.1, 0.15) is 18.2 Å². The van der Waals surface area contributed by atoms with Gasteiger partial charge in [-0.3, -0.25) is 0 Å². The number of carboxylic acid groups (broad SMARTS) is 1. The number of aromatic nitrogens is 2. The number of carboxylic acids is 1. The molecule has 11 heteroatoms. The maximum atomic E-state index is 13.0. The van der Waals surface area contributed by atoms with E-state index in [1.807, 2.05) is 23.6 Å². The average Bonchev–Trinajstić information content (AvgIpc) is 3.40. The molecule has 1 unspecified atom stereocenters. The fourth-order valence-electron chi connectivity index (χ4n) is 4.54. The quantitative estimate of drug-likeness (QED) is 0.238. The summed E-state index contributed by atoms with van der Waals surface area (Å²) in [6.07, 6.45) is -5.90. The number of rotatable bonds is 8. The number of alkyl halides is 3. The van der Waals surface area contributed by atoms with E-state index in [4.69, 9.17) is 19.1 Å². The summed E-state index contributed by atoms with van der Waals surface area (Å²) in [6.45, 7) is 3.52. The van der Waals surface area contributed by atoms with E-state index >= 15 is 0 Å². The van der Waals surface area contributed by atoms with Crippen LogP contribution in [0.15, 0.2) is 65.2 Å². The van der Waals surface area contributed by atoms with Crippen molar-refractivity contribution in [1.82, 2.24) is 9.72 Å². The molecule has 5 rings (SSSR count). The Labute approximate surface area is 220 Å². The third kappa shape index (κ3) is 5.20. The molecule has 202 valence electrons. The maximum absolute atomic E-state index is 13.0. The molecule has 0 radical (unpaired) electrons. The van der Waals surface area contributed by atoms with Crippen LogP contribution in [-0.4, -0.2) is 40.4 Å². The van der Waals surface area contributed by atoms with Gasteiger partial charge in [-0.25, -0.2) is 4.79 Å². The van der Waals surface area contributed by atoms with Gasteiger partial charge in [-0.1, -0.05) is 17.3 Å². The van der Waals surface area contributed by atoms with E-state index in [0.29, 0.717) is 44.6 Å². The number of methoxy groups -OCH3 is 1. The van der Waals surface area contributed by atoms with Gasteiger partial charge in [0.1, 0.15) is 22.9 Å². The van der Waals surface area contributed by atoms with Crippen LogP contribution >= 0.6 is 0 Å². The zero-order valence-corrected chi connectivity index (χ0v) is 21.1. The number of nitrogens with zero attached hydrogens (tertiary/aromatic N) is 2. The highest BCUT2D eigenvalue weighted by Crippen LogP contribution is 2.40. The number of fused-ring (bicyclic) bond motifs is 2. The van der Waals surface area contributed by atoms with Crippen molar-refractivity contribution in [3.8, 4) is 28.5 Å². The van der Waals surface area contributed by atoms with Crippen molar-refractivity contribution in [2.45, 2.75) is 32.9 Å². The molecule has 39 heavy (non-hydrogen) atoms. The van der Waals surface area contributed by atoms with Crippen LogP contribution in [-0.2, 0) is 11.3 Å². The van der Waals surface area contributed by atoms with Gasteiger partial charge in [-0.05, 0) is 55.8 Å². The Kier molecular flexibility index (Phi) is 6.59. The predicted octanol–water partition coefficient (Wildman–Crippen LogP) is 6.57. The van der Waals surface area contributed by atoms with E-state index in [1.165, 1.54) is 19.1 Å². The van der Waals surface area contributed by atoms with Crippen LogP contribution in [0.2, 0.25) is 0 Å². The molecular formula is C28H23F3N2O6. The van der Waals surface area contributed by atoms with Crippen molar-refractivity contribution < 1.29 is 41.8 Å². The SMILES string of the molecule is COc1ccc2c(-c3c(C)n(Cc4cccc(OC(C)C(=O)O)c4)c4cc(OC(F)(F)F)ccc34)noc2c1. The lowest BCUT2D eigenvalue weighted by atomic mass is 10.0. The van der Waals surface area contributed by atoms with Gasteiger partial charge in [0.15, 0.2) is 11.7 Å². The Morgan fingerprint density at radius 2 is 1.79 bits per heavy atom. The Morgan fingerprint density at radius 3 is 2.51 bits per heavy atom. The lowest BCUT2D eigenvalue weighted by Crippen LogP contribution is -2.22. The molecule has 0 amide bonds. The van der Waals surface area contributed by atoms with Gasteiger partial charge < -0.3 is 28.4 Å². The van der Waals surface area contributed by atoms with Crippen molar-refractivity contribution in [3.63, 3.8) is 0 Å². The highest BCUT2D eigenvalue weighted by atomic mass is 19.4. The molecule has 2 aromatic heterocycles. The van der Waals surface area contributed by atoms with Gasteiger partial charge in [-0.2, -0.15) is 0 Å². The number of carbonyl (C=O) groups is 1.